The van der Waals surface area contributed by atoms with Gasteiger partial charge in [0.25, 0.3) is 12.4 Å². The number of aldehydes is 1. The fourth-order valence-electron chi connectivity index (χ4n) is 3.28. The zero-order valence-corrected chi connectivity index (χ0v) is 14.4. The summed E-state index contributed by atoms with van der Waals surface area (Å²) >= 11 is 0. The maximum atomic E-state index is 12.3. The molecule has 0 saturated heterocycles. The number of methoxy groups -OCH3 is 1. The maximum Gasteiger partial charge on any atom is 0.293 e. The van der Waals surface area contributed by atoms with Gasteiger partial charge in [-0.1, -0.05) is 18.2 Å². The first-order chi connectivity index (χ1) is 12.7. The molecule has 1 N–H and O–H groups in total. The van der Waals surface area contributed by atoms with Gasteiger partial charge in [0.15, 0.2) is 0 Å². The SMILES string of the molecule is COCCNC(=O)c1ccc2c(c1)C(COC=O)c1cc(C=O)ccc1-2. The Balaban J connectivity index is 1.96. The van der Waals surface area contributed by atoms with Gasteiger partial charge in [0.1, 0.15) is 12.9 Å². The first-order valence-electron chi connectivity index (χ1n) is 8.25. The van der Waals surface area contributed by atoms with E-state index in [0.29, 0.717) is 30.8 Å². The lowest BCUT2D eigenvalue weighted by Crippen LogP contribution is -2.27. The van der Waals surface area contributed by atoms with Gasteiger partial charge in [-0.15, -0.1) is 0 Å². The van der Waals surface area contributed by atoms with Crippen molar-refractivity contribution < 1.29 is 23.9 Å². The zero-order chi connectivity index (χ0) is 18.5. The average Bonchev–Trinajstić information content (AvgIpc) is 2.98. The van der Waals surface area contributed by atoms with Crippen LogP contribution in [0.15, 0.2) is 36.4 Å². The van der Waals surface area contributed by atoms with Crippen molar-refractivity contribution in [1.29, 1.82) is 0 Å². The molecule has 0 bridgehead atoms. The third kappa shape index (κ3) is 3.36. The van der Waals surface area contributed by atoms with Crippen molar-refractivity contribution in [2.45, 2.75) is 5.92 Å². The Morgan fingerprint density at radius 1 is 1.12 bits per heavy atom. The van der Waals surface area contributed by atoms with Gasteiger partial charge in [0.2, 0.25) is 0 Å². The Labute approximate surface area is 151 Å². The third-order valence-corrected chi connectivity index (χ3v) is 4.49. The minimum absolute atomic E-state index is 0.153. The van der Waals surface area contributed by atoms with Gasteiger partial charge in [-0.25, -0.2) is 0 Å². The molecule has 6 nitrogen and oxygen atoms in total. The van der Waals surface area contributed by atoms with Crippen LogP contribution >= 0.6 is 0 Å². The van der Waals surface area contributed by atoms with Gasteiger partial charge in [0, 0.05) is 30.7 Å². The van der Waals surface area contributed by atoms with E-state index in [2.05, 4.69) is 5.32 Å². The van der Waals surface area contributed by atoms with Crippen molar-refractivity contribution in [1.82, 2.24) is 5.32 Å². The number of carbonyl (C=O) groups excluding carboxylic acids is 3. The molecular formula is C20H19NO5. The molecule has 0 spiro atoms. The van der Waals surface area contributed by atoms with E-state index >= 15 is 0 Å². The largest absolute Gasteiger partial charge is 0.467 e. The van der Waals surface area contributed by atoms with Crippen LogP contribution in [0, 0.1) is 0 Å². The monoisotopic (exact) mass is 353 g/mol. The topological polar surface area (TPSA) is 81.7 Å². The predicted octanol–water partition coefficient (Wildman–Crippen LogP) is 2.16. The summed E-state index contributed by atoms with van der Waals surface area (Å²) in [6, 6.07) is 10.9. The van der Waals surface area contributed by atoms with E-state index in [4.69, 9.17) is 9.47 Å². The van der Waals surface area contributed by atoms with E-state index in [-0.39, 0.29) is 18.4 Å². The molecule has 134 valence electrons. The highest BCUT2D eigenvalue weighted by atomic mass is 16.5. The molecule has 0 radical (unpaired) electrons. The van der Waals surface area contributed by atoms with Gasteiger partial charge < -0.3 is 14.8 Å². The maximum absolute atomic E-state index is 12.3. The van der Waals surface area contributed by atoms with Crippen LogP contribution in [0.4, 0.5) is 0 Å². The summed E-state index contributed by atoms with van der Waals surface area (Å²) in [5, 5.41) is 2.79. The number of rotatable bonds is 8. The summed E-state index contributed by atoms with van der Waals surface area (Å²) < 4.78 is 9.93. The number of hydrogen-bond acceptors (Lipinski definition) is 5. The summed E-state index contributed by atoms with van der Waals surface area (Å²) in [4.78, 5) is 34.1. The molecule has 0 fully saturated rings. The molecule has 2 aromatic carbocycles. The van der Waals surface area contributed by atoms with E-state index in [1.807, 2.05) is 18.2 Å². The second kappa shape index (κ2) is 7.93. The number of ether oxygens (including phenoxy) is 2. The number of benzene rings is 2. The lowest BCUT2D eigenvalue weighted by Gasteiger charge is -2.13. The van der Waals surface area contributed by atoms with Gasteiger partial charge in [-0.05, 0) is 40.5 Å². The highest BCUT2D eigenvalue weighted by Crippen LogP contribution is 2.45. The molecule has 2 aromatic rings. The number of amides is 1. The molecule has 6 heteroatoms. The summed E-state index contributed by atoms with van der Waals surface area (Å²) in [6.07, 6.45) is 0.787. The summed E-state index contributed by atoms with van der Waals surface area (Å²) in [6.45, 7) is 1.42. The molecule has 0 aromatic heterocycles. The Kier molecular flexibility index (Phi) is 5.43. The van der Waals surface area contributed by atoms with E-state index in [9.17, 15) is 14.4 Å². The van der Waals surface area contributed by atoms with Crippen LogP contribution in [0.3, 0.4) is 0 Å². The van der Waals surface area contributed by atoms with Crippen LogP contribution in [0.2, 0.25) is 0 Å². The van der Waals surface area contributed by atoms with Gasteiger partial charge in [0.05, 0.1) is 6.61 Å². The summed E-state index contributed by atoms with van der Waals surface area (Å²) in [7, 11) is 1.57. The number of hydrogen-bond donors (Lipinski definition) is 1. The fourth-order valence-corrected chi connectivity index (χ4v) is 3.28. The van der Waals surface area contributed by atoms with Crippen LogP contribution in [-0.4, -0.2) is 45.5 Å². The number of fused-ring (bicyclic) bond motifs is 3. The second-order valence-corrected chi connectivity index (χ2v) is 6.00. The third-order valence-electron chi connectivity index (χ3n) is 4.49. The molecule has 1 unspecified atom stereocenters. The van der Waals surface area contributed by atoms with Gasteiger partial charge in [-0.2, -0.15) is 0 Å². The molecule has 0 aliphatic heterocycles. The van der Waals surface area contributed by atoms with E-state index in [0.717, 1.165) is 28.5 Å². The van der Waals surface area contributed by atoms with Crippen LogP contribution in [0.5, 0.6) is 0 Å². The van der Waals surface area contributed by atoms with E-state index < -0.39 is 0 Å². The smallest absolute Gasteiger partial charge is 0.293 e. The highest BCUT2D eigenvalue weighted by molar-refractivity contribution is 5.96. The second-order valence-electron chi connectivity index (χ2n) is 6.00. The Morgan fingerprint density at radius 3 is 2.54 bits per heavy atom. The highest BCUT2D eigenvalue weighted by Gasteiger charge is 2.30. The van der Waals surface area contributed by atoms with Crippen LogP contribution in [0.1, 0.15) is 37.8 Å². The molecule has 3 rings (SSSR count). The summed E-state index contributed by atoms with van der Waals surface area (Å²) in [5.41, 5.74) is 4.87. The average molecular weight is 353 g/mol. The van der Waals surface area contributed by atoms with Crippen LogP contribution < -0.4 is 5.32 Å². The van der Waals surface area contributed by atoms with Crippen molar-refractivity contribution in [3.05, 3.63) is 58.7 Å². The molecular weight excluding hydrogens is 334 g/mol. The van der Waals surface area contributed by atoms with Crippen molar-refractivity contribution in [3.8, 4) is 11.1 Å². The van der Waals surface area contributed by atoms with Gasteiger partial charge in [-0.3, -0.25) is 14.4 Å². The van der Waals surface area contributed by atoms with Gasteiger partial charge >= 0.3 is 0 Å². The molecule has 0 saturated carbocycles. The van der Waals surface area contributed by atoms with Crippen molar-refractivity contribution in [3.63, 3.8) is 0 Å². The Hall–Kier alpha value is -2.99. The van der Waals surface area contributed by atoms with Crippen LogP contribution in [0.25, 0.3) is 11.1 Å². The molecule has 0 heterocycles. The lowest BCUT2D eigenvalue weighted by molar-refractivity contribution is -0.128. The molecule has 26 heavy (non-hydrogen) atoms. The number of carbonyl (C=O) groups is 3. The Bertz CT molecular complexity index is 846. The molecule has 1 aliphatic carbocycles. The first-order valence-corrected chi connectivity index (χ1v) is 8.25. The molecule has 1 aliphatic rings. The van der Waals surface area contributed by atoms with E-state index in [1.165, 1.54) is 0 Å². The van der Waals surface area contributed by atoms with Crippen LogP contribution in [-0.2, 0) is 14.3 Å². The van der Waals surface area contributed by atoms with Crippen molar-refractivity contribution in [2.24, 2.45) is 0 Å². The normalized spacial score (nSPS) is 14.3. The molecule has 1 atom stereocenters. The first kappa shape index (κ1) is 17.8. The molecule has 1 amide bonds. The standard InChI is InChI=1S/C20H19NO5/c1-25-7-6-21-20(24)14-3-5-16-15-4-2-13(10-22)8-17(15)19(11-26-12-23)18(16)9-14/h2-5,8-10,12,19H,6-7,11H2,1H3,(H,21,24). The minimum Gasteiger partial charge on any atom is -0.467 e. The van der Waals surface area contributed by atoms with E-state index in [1.54, 1.807) is 25.3 Å². The summed E-state index contributed by atoms with van der Waals surface area (Å²) in [5.74, 6) is -0.402. The minimum atomic E-state index is -0.211. The Morgan fingerprint density at radius 2 is 1.85 bits per heavy atom. The predicted molar refractivity (Wildman–Crippen MR) is 95.3 cm³/mol. The zero-order valence-electron chi connectivity index (χ0n) is 14.4. The number of nitrogens with one attached hydrogen (secondary N) is 1. The van der Waals surface area contributed by atoms with Crippen molar-refractivity contribution in [2.75, 3.05) is 26.9 Å². The quantitative estimate of drug-likeness (QED) is 0.581. The lowest BCUT2D eigenvalue weighted by atomic mass is 9.95. The van der Waals surface area contributed by atoms with Crippen molar-refractivity contribution >= 4 is 18.7 Å². The fraction of sp³-hybridized carbons (Fsp3) is 0.250.